The molecule has 1 aliphatic rings. The quantitative estimate of drug-likeness (QED) is 0.425. The van der Waals surface area contributed by atoms with Gasteiger partial charge in [-0.3, -0.25) is 0 Å². The molecule has 0 saturated carbocycles. The first-order valence-corrected chi connectivity index (χ1v) is 6.40. The molecule has 72 valence electrons. The summed E-state index contributed by atoms with van der Waals surface area (Å²) in [6.45, 7) is 6.37. The summed E-state index contributed by atoms with van der Waals surface area (Å²) in [5.41, 5.74) is 0. The molecule has 1 fully saturated rings. The lowest BCUT2D eigenvalue weighted by Gasteiger charge is -2.13. The molecule has 0 unspecified atom stereocenters. The maximum absolute atomic E-state index is 2.61. The fourth-order valence-corrected chi connectivity index (χ4v) is 2.21. The third-order valence-corrected chi connectivity index (χ3v) is 3.15. The molecule has 2 heteroatoms. The van der Waals surface area contributed by atoms with Crippen LogP contribution in [0.15, 0.2) is 0 Å². The Hall–Kier alpha value is 0.690. The highest BCUT2D eigenvalue weighted by molar-refractivity contribution is 14.1. The van der Waals surface area contributed by atoms with Crippen LogP contribution in [0.3, 0.4) is 0 Å². The Balaban J connectivity index is 1.88. The van der Waals surface area contributed by atoms with Gasteiger partial charge in [-0.15, -0.1) is 0 Å². The molecule has 12 heavy (non-hydrogen) atoms. The summed E-state index contributed by atoms with van der Waals surface area (Å²) in [4.78, 5) is 2.61. The lowest BCUT2D eigenvalue weighted by molar-refractivity contribution is 0.329. The molecule has 0 aromatic carbocycles. The smallest absolute Gasteiger partial charge is 0.00813 e. The fourth-order valence-electron chi connectivity index (χ4n) is 1.77. The molecule has 1 rings (SSSR count). The lowest BCUT2D eigenvalue weighted by Crippen LogP contribution is -2.20. The average molecular weight is 281 g/mol. The first-order chi connectivity index (χ1) is 5.79. The van der Waals surface area contributed by atoms with E-state index in [4.69, 9.17) is 0 Å². The Morgan fingerprint density at radius 3 is 2.50 bits per heavy atom. The molecule has 1 heterocycles. The molecule has 1 saturated heterocycles. The molecule has 1 atom stereocenters. The van der Waals surface area contributed by atoms with E-state index in [1.807, 2.05) is 0 Å². The zero-order chi connectivity index (χ0) is 8.81. The molecule has 0 spiro atoms. The molecule has 0 aromatic rings. The van der Waals surface area contributed by atoms with Crippen LogP contribution >= 0.6 is 22.6 Å². The van der Waals surface area contributed by atoms with E-state index in [1.165, 1.54) is 51.7 Å². The number of halogens is 1. The van der Waals surface area contributed by atoms with Gasteiger partial charge in [-0.2, -0.15) is 0 Å². The number of alkyl halides is 1. The summed E-state index contributed by atoms with van der Waals surface area (Å²) < 4.78 is 0.862. The Bertz CT molecular complexity index is 108. The Labute approximate surface area is 90.0 Å². The Morgan fingerprint density at radius 1 is 1.25 bits per heavy atom. The van der Waals surface area contributed by atoms with Gasteiger partial charge in [-0.25, -0.2) is 0 Å². The van der Waals surface area contributed by atoms with Crippen LogP contribution in [-0.2, 0) is 0 Å². The van der Waals surface area contributed by atoms with E-state index >= 15 is 0 Å². The van der Waals surface area contributed by atoms with E-state index in [0.717, 1.165) is 3.92 Å². The summed E-state index contributed by atoms with van der Waals surface area (Å²) >= 11 is 2.52. The predicted molar refractivity (Wildman–Crippen MR) is 63.0 cm³/mol. The highest BCUT2D eigenvalue weighted by Crippen LogP contribution is 2.12. The van der Waals surface area contributed by atoms with E-state index in [0.29, 0.717) is 0 Å². The number of hydrogen-bond donors (Lipinski definition) is 0. The average Bonchev–Trinajstić information content (AvgIpc) is 2.49. The van der Waals surface area contributed by atoms with Crippen molar-refractivity contribution in [1.82, 2.24) is 4.90 Å². The molecular formula is C10H20IN. The van der Waals surface area contributed by atoms with Gasteiger partial charge in [-0.1, -0.05) is 35.9 Å². The van der Waals surface area contributed by atoms with Crippen LogP contribution in [0.4, 0.5) is 0 Å². The first kappa shape index (κ1) is 10.8. The second-order valence-corrected chi connectivity index (χ2v) is 5.95. The van der Waals surface area contributed by atoms with Gasteiger partial charge in [0.2, 0.25) is 0 Å². The van der Waals surface area contributed by atoms with Crippen LogP contribution in [0.2, 0.25) is 0 Å². The molecule has 0 bridgehead atoms. The molecule has 0 N–H and O–H groups in total. The molecular weight excluding hydrogens is 261 g/mol. The molecule has 1 aliphatic heterocycles. The zero-order valence-electron chi connectivity index (χ0n) is 8.06. The van der Waals surface area contributed by atoms with Crippen LogP contribution in [0, 0.1) is 0 Å². The van der Waals surface area contributed by atoms with Crippen molar-refractivity contribution in [3.8, 4) is 0 Å². The maximum Gasteiger partial charge on any atom is 0.00813 e. The van der Waals surface area contributed by atoms with Crippen molar-refractivity contribution in [3.05, 3.63) is 0 Å². The van der Waals surface area contributed by atoms with Crippen LogP contribution in [0.1, 0.15) is 39.0 Å². The van der Waals surface area contributed by atoms with Crippen molar-refractivity contribution in [1.29, 1.82) is 0 Å². The number of hydrogen-bond acceptors (Lipinski definition) is 1. The van der Waals surface area contributed by atoms with Crippen molar-refractivity contribution in [2.75, 3.05) is 19.6 Å². The minimum absolute atomic E-state index is 0.862. The zero-order valence-corrected chi connectivity index (χ0v) is 10.2. The minimum atomic E-state index is 0.862. The Morgan fingerprint density at radius 2 is 1.92 bits per heavy atom. The highest BCUT2D eigenvalue weighted by atomic mass is 127. The largest absolute Gasteiger partial charge is 0.303 e. The maximum atomic E-state index is 2.61. The van der Waals surface area contributed by atoms with Gasteiger partial charge in [0.05, 0.1) is 0 Å². The summed E-state index contributed by atoms with van der Waals surface area (Å²) in [6.07, 6.45) is 7.09. The van der Waals surface area contributed by atoms with E-state index in [9.17, 15) is 0 Å². The molecule has 1 nitrogen and oxygen atoms in total. The van der Waals surface area contributed by atoms with Gasteiger partial charge in [0.1, 0.15) is 0 Å². The monoisotopic (exact) mass is 281 g/mol. The van der Waals surface area contributed by atoms with Crippen molar-refractivity contribution >= 4 is 22.6 Å². The normalized spacial score (nSPS) is 21.5. The first-order valence-electron chi connectivity index (χ1n) is 5.15. The van der Waals surface area contributed by atoms with E-state index in [1.54, 1.807) is 0 Å². The predicted octanol–water partition coefficient (Wildman–Crippen LogP) is 3.08. The highest BCUT2D eigenvalue weighted by Gasteiger charge is 2.09. The third kappa shape index (κ3) is 4.65. The molecule has 0 amide bonds. The summed E-state index contributed by atoms with van der Waals surface area (Å²) in [7, 11) is 0. The summed E-state index contributed by atoms with van der Waals surface area (Å²) in [6, 6.07) is 0. The van der Waals surface area contributed by atoms with Gasteiger partial charge < -0.3 is 4.90 Å². The van der Waals surface area contributed by atoms with E-state index in [2.05, 4.69) is 34.4 Å². The molecule has 0 aliphatic carbocycles. The standard InChI is InChI=1S/C10H20IN/c1-10(11)6-2-3-7-12-8-4-5-9-12/h10H,2-9H2,1H3/t10-/m1/s1. The van der Waals surface area contributed by atoms with Crippen LogP contribution < -0.4 is 0 Å². The van der Waals surface area contributed by atoms with Crippen molar-refractivity contribution in [2.24, 2.45) is 0 Å². The number of unbranched alkanes of at least 4 members (excludes halogenated alkanes) is 1. The van der Waals surface area contributed by atoms with Gasteiger partial charge in [0.15, 0.2) is 0 Å². The van der Waals surface area contributed by atoms with Gasteiger partial charge >= 0.3 is 0 Å². The third-order valence-electron chi connectivity index (χ3n) is 2.52. The molecule has 0 radical (unpaired) electrons. The fraction of sp³-hybridized carbons (Fsp3) is 1.00. The summed E-state index contributed by atoms with van der Waals surface area (Å²) in [5.74, 6) is 0. The SMILES string of the molecule is C[C@@H](I)CCCCN1CCCC1. The van der Waals surface area contributed by atoms with Crippen LogP contribution in [-0.4, -0.2) is 28.5 Å². The lowest BCUT2D eigenvalue weighted by atomic mass is 10.2. The van der Waals surface area contributed by atoms with Crippen LogP contribution in [0.5, 0.6) is 0 Å². The van der Waals surface area contributed by atoms with Gasteiger partial charge in [-0.05, 0) is 45.3 Å². The second kappa shape index (κ2) is 6.19. The summed E-state index contributed by atoms with van der Waals surface area (Å²) in [5, 5.41) is 0. The Kier molecular flexibility index (Phi) is 5.56. The van der Waals surface area contributed by atoms with Crippen molar-refractivity contribution < 1.29 is 0 Å². The second-order valence-electron chi connectivity index (χ2n) is 3.83. The van der Waals surface area contributed by atoms with Crippen molar-refractivity contribution in [3.63, 3.8) is 0 Å². The van der Waals surface area contributed by atoms with E-state index < -0.39 is 0 Å². The van der Waals surface area contributed by atoms with Gasteiger partial charge in [0, 0.05) is 3.92 Å². The number of rotatable bonds is 5. The topological polar surface area (TPSA) is 3.24 Å². The minimum Gasteiger partial charge on any atom is -0.303 e. The van der Waals surface area contributed by atoms with Crippen molar-refractivity contribution in [2.45, 2.75) is 43.0 Å². The van der Waals surface area contributed by atoms with E-state index in [-0.39, 0.29) is 0 Å². The van der Waals surface area contributed by atoms with Crippen LogP contribution in [0.25, 0.3) is 0 Å². The number of nitrogens with zero attached hydrogens (tertiary/aromatic N) is 1. The van der Waals surface area contributed by atoms with Gasteiger partial charge in [0.25, 0.3) is 0 Å². The number of likely N-dealkylation sites (tertiary alicyclic amines) is 1. The molecule has 0 aromatic heterocycles.